The number of unbranched alkanes of at least 4 members (excludes halogenated alkanes) is 2. The van der Waals surface area contributed by atoms with Crippen molar-refractivity contribution in [3.63, 3.8) is 0 Å². The van der Waals surface area contributed by atoms with E-state index in [9.17, 15) is 9.59 Å². The van der Waals surface area contributed by atoms with Crippen LogP contribution in [0.1, 0.15) is 33.1 Å². The summed E-state index contributed by atoms with van der Waals surface area (Å²) < 4.78 is 10.4. The van der Waals surface area contributed by atoms with Crippen LogP contribution in [0.3, 0.4) is 0 Å². The fraction of sp³-hybridized carbons (Fsp3) is 0.500. The van der Waals surface area contributed by atoms with Crippen LogP contribution in [0.2, 0.25) is 0 Å². The number of imidazole rings is 1. The van der Waals surface area contributed by atoms with Crippen molar-refractivity contribution in [2.75, 3.05) is 18.6 Å². The van der Waals surface area contributed by atoms with Gasteiger partial charge in [0.05, 0.1) is 12.8 Å². The summed E-state index contributed by atoms with van der Waals surface area (Å²) in [5.74, 6) is 1.71. The number of hydrogen-bond donors (Lipinski definition) is 0. The van der Waals surface area contributed by atoms with Gasteiger partial charge in [0.15, 0.2) is 11.2 Å². The molecule has 1 aliphatic heterocycles. The Morgan fingerprint density at radius 1 is 1.17 bits per heavy atom. The van der Waals surface area contributed by atoms with E-state index >= 15 is 0 Å². The van der Waals surface area contributed by atoms with E-state index in [0.717, 1.165) is 37.2 Å². The highest BCUT2D eigenvalue weighted by molar-refractivity contribution is 5.78. The SMILES string of the molecule is CCCCCn1c(=O)c2c(nc3n2C[C@@H](C)CN3c2ccccc2OC)n(C)c1=O. The first-order valence-electron chi connectivity index (χ1n) is 10.6. The molecular formula is C22H29N5O3. The summed E-state index contributed by atoms with van der Waals surface area (Å²) in [5, 5.41) is 0. The lowest BCUT2D eigenvalue weighted by Gasteiger charge is -2.33. The molecule has 0 N–H and O–H groups in total. The third-order valence-corrected chi connectivity index (χ3v) is 5.80. The lowest BCUT2D eigenvalue weighted by Crippen LogP contribution is -2.40. The van der Waals surface area contributed by atoms with E-state index in [1.54, 1.807) is 14.2 Å². The van der Waals surface area contributed by atoms with Gasteiger partial charge in [0.25, 0.3) is 5.56 Å². The van der Waals surface area contributed by atoms with Crippen LogP contribution in [0.15, 0.2) is 33.9 Å². The number of methoxy groups -OCH3 is 1. The molecule has 4 rings (SSSR count). The normalized spacial score (nSPS) is 16.1. The summed E-state index contributed by atoms with van der Waals surface area (Å²) in [7, 11) is 3.34. The molecule has 2 aromatic heterocycles. The van der Waals surface area contributed by atoms with E-state index < -0.39 is 0 Å². The van der Waals surface area contributed by atoms with Crippen LogP contribution in [0.4, 0.5) is 11.6 Å². The minimum atomic E-state index is -0.309. The molecule has 0 amide bonds. The maximum Gasteiger partial charge on any atom is 0.332 e. The quantitative estimate of drug-likeness (QED) is 0.583. The topological polar surface area (TPSA) is 74.3 Å². The number of ether oxygens (including phenoxy) is 1. The molecule has 0 bridgehead atoms. The van der Waals surface area contributed by atoms with E-state index in [1.807, 2.05) is 28.8 Å². The Kier molecular flexibility index (Phi) is 5.40. The first-order chi connectivity index (χ1) is 14.5. The number of para-hydroxylation sites is 2. The lowest BCUT2D eigenvalue weighted by atomic mass is 10.1. The number of nitrogens with zero attached hydrogens (tertiary/aromatic N) is 5. The van der Waals surface area contributed by atoms with Crippen LogP contribution in [0, 0.1) is 5.92 Å². The Balaban J connectivity index is 1.94. The molecule has 160 valence electrons. The van der Waals surface area contributed by atoms with Gasteiger partial charge in [-0.1, -0.05) is 38.8 Å². The van der Waals surface area contributed by atoms with Gasteiger partial charge in [-0.3, -0.25) is 13.9 Å². The van der Waals surface area contributed by atoms with Crippen LogP contribution >= 0.6 is 0 Å². The standard InChI is InChI=1S/C22H29N5O3/c1-5-6-9-12-25-20(28)18-19(24(3)22(25)29)23-21-26(13-15(2)14-27(18)21)16-10-7-8-11-17(16)30-4/h7-8,10-11,15H,5-6,9,12-14H2,1-4H3/t15-/m0/s1. The summed E-state index contributed by atoms with van der Waals surface area (Å²) in [6, 6.07) is 7.79. The van der Waals surface area contributed by atoms with Gasteiger partial charge in [-0.2, -0.15) is 4.98 Å². The molecule has 1 aliphatic rings. The molecule has 0 aliphatic carbocycles. The number of aryl methyl sites for hydroxylation is 1. The monoisotopic (exact) mass is 411 g/mol. The van der Waals surface area contributed by atoms with Crippen LogP contribution in [0.25, 0.3) is 11.2 Å². The van der Waals surface area contributed by atoms with Crippen molar-refractivity contribution in [3.05, 3.63) is 45.1 Å². The summed E-state index contributed by atoms with van der Waals surface area (Å²) in [5.41, 5.74) is 1.26. The molecule has 3 aromatic rings. The van der Waals surface area contributed by atoms with Crippen molar-refractivity contribution in [2.24, 2.45) is 13.0 Å². The molecule has 3 heterocycles. The van der Waals surface area contributed by atoms with Gasteiger partial charge in [0.1, 0.15) is 5.75 Å². The highest BCUT2D eigenvalue weighted by Crippen LogP contribution is 2.37. The van der Waals surface area contributed by atoms with Gasteiger partial charge in [0.2, 0.25) is 5.95 Å². The predicted octanol–water partition coefficient (Wildman–Crippen LogP) is 2.88. The Morgan fingerprint density at radius 3 is 2.67 bits per heavy atom. The van der Waals surface area contributed by atoms with Crippen molar-refractivity contribution in [1.29, 1.82) is 0 Å². The summed E-state index contributed by atoms with van der Waals surface area (Å²) >= 11 is 0. The second-order valence-electron chi connectivity index (χ2n) is 8.09. The maximum absolute atomic E-state index is 13.3. The van der Waals surface area contributed by atoms with E-state index in [0.29, 0.717) is 36.1 Å². The van der Waals surface area contributed by atoms with Crippen molar-refractivity contribution < 1.29 is 4.74 Å². The predicted molar refractivity (Wildman–Crippen MR) is 118 cm³/mol. The van der Waals surface area contributed by atoms with Gasteiger partial charge in [0, 0.05) is 26.7 Å². The minimum absolute atomic E-state index is 0.253. The average Bonchev–Trinajstić information content (AvgIpc) is 3.13. The third kappa shape index (κ3) is 3.20. The average molecular weight is 412 g/mol. The molecule has 0 fully saturated rings. The molecule has 8 heteroatoms. The Morgan fingerprint density at radius 2 is 1.93 bits per heavy atom. The molecule has 0 saturated heterocycles. The zero-order valence-corrected chi connectivity index (χ0v) is 18.1. The number of rotatable bonds is 6. The van der Waals surface area contributed by atoms with E-state index in [-0.39, 0.29) is 11.2 Å². The van der Waals surface area contributed by atoms with Crippen LogP contribution in [-0.4, -0.2) is 32.3 Å². The zero-order valence-electron chi connectivity index (χ0n) is 18.1. The van der Waals surface area contributed by atoms with Crippen molar-refractivity contribution in [3.8, 4) is 5.75 Å². The molecule has 1 atom stereocenters. The highest BCUT2D eigenvalue weighted by atomic mass is 16.5. The molecule has 0 spiro atoms. The number of benzene rings is 1. The van der Waals surface area contributed by atoms with E-state index in [4.69, 9.17) is 9.72 Å². The molecule has 0 saturated carbocycles. The lowest BCUT2D eigenvalue weighted by molar-refractivity contribution is 0.409. The fourth-order valence-electron chi connectivity index (χ4n) is 4.28. The number of anilines is 2. The Hall–Kier alpha value is -3.03. The van der Waals surface area contributed by atoms with Crippen molar-refractivity contribution in [2.45, 2.75) is 46.2 Å². The highest BCUT2D eigenvalue weighted by Gasteiger charge is 2.30. The zero-order chi connectivity index (χ0) is 21.4. The largest absolute Gasteiger partial charge is 0.495 e. The Labute approximate surface area is 175 Å². The third-order valence-electron chi connectivity index (χ3n) is 5.80. The van der Waals surface area contributed by atoms with Crippen LogP contribution < -0.4 is 20.9 Å². The molecule has 1 aromatic carbocycles. The molecule has 0 unspecified atom stereocenters. The van der Waals surface area contributed by atoms with Crippen molar-refractivity contribution >= 4 is 22.8 Å². The van der Waals surface area contributed by atoms with Gasteiger partial charge in [-0.15, -0.1) is 0 Å². The second-order valence-corrected chi connectivity index (χ2v) is 8.09. The second kappa shape index (κ2) is 8.01. The summed E-state index contributed by atoms with van der Waals surface area (Å²) in [4.78, 5) is 33.1. The van der Waals surface area contributed by atoms with E-state index in [1.165, 1.54) is 9.13 Å². The van der Waals surface area contributed by atoms with Gasteiger partial charge < -0.3 is 14.2 Å². The van der Waals surface area contributed by atoms with Crippen molar-refractivity contribution in [1.82, 2.24) is 18.7 Å². The number of hydrogen-bond acceptors (Lipinski definition) is 5. The summed E-state index contributed by atoms with van der Waals surface area (Å²) in [6.07, 6.45) is 2.82. The first-order valence-corrected chi connectivity index (χ1v) is 10.6. The molecule has 8 nitrogen and oxygen atoms in total. The maximum atomic E-state index is 13.3. The molecular weight excluding hydrogens is 382 g/mol. The molecule has 0 radical (unpaired) electrons. The summed E-state index contributed by atoms with van der Waals surface area (Å²) in [6.45, 7) is 6.12. The Bertz CT molecular complexity index is 1190. The fourth-order valence-corrected chi connectivity index (χ4v) is 4.28. The van der Waals surface area contributed by atoms with Gasteiger partial charge in [-0.25, -0.2) is 4.79 Å². The minimum Gasteiger partial charge on any atom is -0.495 e. The van der Waals surface area contributed by atoms with Gasteiger partial charge in [-0.05, 0) is 24.5 Å². The van der Waals surface area contributed by atoms with Crippen LogP contribution in [0.5, 0.6) is 5.75 Å². The van der Waals surface area contributed by atoms with Gasteiger partial charge >= 0.3 is 5.69 Å². The van der Waals surface area contributed by atoms with E-state index in [2.05, 4.69) is 18.7 Å². The smallest absolute Gasteiger partial charge is 0.332 e. The molecule has 30 heavy (non-hydrogen) atoms. The van der Waals surface area contributed by atoms with Crippen LogP contribution in [-0.2, 0) is 20.1 Å². The number of fused-ring (bicyclic) bond motifs is 3. The first kappa shape index (κ1) is 20.3. The number of aromatic nitrogens is 4.